The number of urea groups is 1. The average molecular weight is 564 g/mol. The van der Waals surface area contributed by atoms with Crippen molar-refractivity contribution >= 4 is 68.9 Å². The zero-order valence-corrected chi connectivity index (χ0v) is 20.9. The summed E-state index contributed by atoms with van der Waals surface area (Å²) in [5.41, 5.74) is -0.120. The number of methoxy groups -OCH3 is 2. The molecule has 8 nitrogen and oxygen atoms in total. The summed E-state index contributed by atoms with van der Waals surface area (Å²) in [6.07, 6.45) is 1.28. The molecule has 2 aromatic carbocycles. The van der Waals surface area contributed by atoms with Crippen LogP contribution in [0.25, 0.3) is 6.08 Å². The van der Waals surface area contributed by atoms with Crippen LogP contribution in [0.3, 0.4) is 0 Å². The number of carbonyl (C=O) groups excluding carboxylic acids is 3. The van der Waals surface area contributed by atoms with Crippen molar-refractivity contribution in [3.63, 3.8) is 0 Å². The Morgan fingerprint density at radius 2 is 1.79 bits per heavy atom. The van der Waals surface area contributed by atoms with E-state index in [9.17, 15) is 14.4 Å². The van der Waals surface area contributed by atoms with E-state index in [1.54, 1.807) is 24.3 Å². The molecular formula is C23H16BrClN2O6S. The number of anilines is 1. The van der Waals surface area contributed by atoms with Gasteiger partial charge in [0.15, 0.2) is 5.09 Å². The molecule has 3 aromatic rings. The Bertz CT molecular complexity index is 1320. The number of furan rings is 1. The fourth-order valence-corrected chi connectivity index (χ4v) is 4.56. The maximum Gasteiger partial charge on any atom is 0.336 e. The van der Waals surface area contributed by atoms with Gasteiger partial charge in [0.25, 0.3) is 11.8 Å². The van der Waals surface area contributed by atoms with E-state index in [0.717, 1.165) is 9.80 Å². The predicted octanol–water partition coefficient (Wildman–Crippen LogP) is 5.53. The van der Waals surface area contributed by atoms with Crippen molar-refractivity contribution in [2.45, 2.75) is 9.99 Å². The van der Waals surface area contributed by atoms with Gasteiger partial charge in [-0.15, -0.1) is 0 Å². The molecule has 0 bridgehead atoms. The minimum absolute atomic E-state index is 0.156. The number of nitrogens with one attached hydrogen (secondary N) is 1. The Labute approximate surface area is 212 Å². The van der Waals surface area contributed by atoms with Gasteiger partial charge in [-0.05, 0) is 64.5 Å². The molecule has 4 rings (SSSR count). The van der Waals surface area contributed by atoms with Gasteiger partial charge in [-0.2, -0.15) is 0 Å². The number of ether oxygens (including phenoxy) is 2. The lowest BCUT2D eigenvalue weighted by Gasteiger charge is -2.27. The Balaban J connectivity index is 1.66. The molecule has 34 heavy (non-hydrogen) atoms. The molecule has 0 radical (unpaired) electrons. The summed E-state index contributed by atoms with van der Waals surface area (Å²) in [5.74, 6) is -0.713. The van der Waals surface area contributed by atoms with Crippen LogP contribution >= 0.6 is 39.3 Å². The number of imide groups is 2. The number of hydrogen-bond acceptors (Lipinski definition) is 7. The largest absolute Gasteiger partial charge is 0.497 e. The number of halogens is 2. The third kappa shape index (κ3) is 4.84. The van der Waals surface area contributed by atoms with Crippen LogP contribution < -0.4 is 19.7 Å². The van der Waals surface area contributed by atoms with E-state index in [1.807, 2.05) is 12.1 Å². The van der Waals surface area contributed by atoms with Gasteiger partial charge in [-0.1, -0.05) is 23.4 Å². The van der Waals surface area contributed by atoms with Crippen molar-refractivity contribution in [3.05, 3.63) is 69.4 Å². The van der Waals surface area contributed by atoms with Crippen molar-refractivity contribution in [1.29, 1.82) is 0 Å². The van der Waals surface area contributed by atoms with Crippen LogP contribution in [0.15, 0.2) is 73.0 Å². The van der Waals surface area contributed by atoms with Gasteiger partial charge < -0.3 is 13.9 Å². The minimum atomic E-state index is -0.893. The molecule has 11 heteroatoms. The monoisotopic (exact) mass is 562 g/mol. The Morgan fingerprint density at radius 3 is 2.47 bits per heavy atom. The third-order valence-corrected chi connectivity index (χ3v) is 6.81. The first-order chi connectivity index (χ1) is 16.3. The quantitative estimate of drug-likeness (QED) is 0.311. The van der Waals surface area contributed by atoms with Crippen LogP contribution in [0.5, 0.6) is 11.5 Å². The van der Waals surface area contributed by atoms with Crippen molar-refractivity contribution in [2.75, 3.05) is 19.1 Å². The Hall–Kier alpha value is -3.21. The molecule has 1 fully saturated rings. The zero-order valence-electron chi connectivity index (χ0n) is 17.8. The first kappa shape index (κ1) is 23.9. The highest BCUT2D eigenvalue weighted by Crippen LogP contribution is 2.38. The van der Waals surface area contributed by atoms with Gasteiger partial charge in [0.1, 0.15) is 22.8 Å². The maximum atomic E-state index is 13.2. The van der Waals surface area contributed by atoms with Crippen LogP contribution in [0, 0.1) is 0 Å². The van der Waals surface area contributed by atoms with Crippen LogP contribution in [-0.4, -0.2) is 32.1 Å². The molecule has 0 unspecified atom stereocenters. The van der Waals surface area contributed by atoms with Crippen LogP contribution in [0.1, 0.15) is 5.76 Å². The SMILES string of the molecule is COc1ccc(N2C(=O)NC(=O)/C(=C\c3cc(Br)c(Sc4ccc(Cl)cc4)o3)C2=O)c(OC)c1. The summed E-state index contributed by atoms with van der Waals surface area (Å²) in [4.78, 5) is 39.9. The highest BCUT2D eigenvalue weighted by Gasteiger charge is 2.38. The third-order valence-electron chi connectivity index (χ3n) is 4.71. The summed E-state index contributed by atoms with van der Waals surface area (Å²) in [6, 6.07) is 12.5. The highest BCUT2D eigenvalue weighted by atomic mass is 79.9. The molecule has 1 saturated heterocycles. The van der Waals surface area contributed by atoms with Crippen LogP contribution in [-0.2, 0) is 9.59 Å². The Kier molecular flexibility index (Phi) is 7.01. The van der Waals surface area contributed by atoms with Gasteiger partial charge in [0.05, 0.1) is 24.4 Å². The molecule has 0 spiro atoms. The standard InChI is InChI=1S/C23H16BrClN2O6S/c1-31-13-5-8-18(19(11-13)32-2)27-21(29)16(20(28)26-23(27)30)9-14-10-17(24)22(33-14)34-15-6-3-12(25)4-7-15/h3-11H,1-2H3,(H,26,28,30)/b16-9+. The van der Waals surface area contributed by atoms with Crippen molar-refractivity contribution in [1.82, 2.24) is 5.32 Å². The van der Waals surface area contributed by atoms with Crippen molar-refractivity contribution < 1.29 is 28.3 Å². The van der Waals surface area contributed by atoms with Gasteiger partial charge in [-0.25, -0.2) is 9.69 Å². The first-order valence-electron chi connectivity index (χ1n) is 9.67. The number of barbiturate groups is 1. The molecule has 1 N–H and O–H groups in total. The lowest BCUT2D eigenvalue weighted by Crippen LogP contribution is -2.54. The van der Waals surface area contributed by atoms with E-state index in [0.29, 0.717) is 20.3 Å². The first-order valence-corrected chi connectivity index (χ1v) is 11.7. The van der Waals surface area contributed by atoms with E-state index in [2.05, 4.69) is 21.2 Å². The zero-order chi connectivity index (χ0) is 24.4. The maximum absolute atomic E-state index is 13.2. The fourth-order valence-electron chi connectivity index (χ4n) is 3.11. The number of benzene rings is 2. The molecular weight excluding hydrogens is 548 g/mol. The number of hydrogen-bond donors (Lipinski definition) is 1. The van der Waals surface area contributed by atoms with E-state index in [1.165, 1.54) is 44.2 Å². The summed E-state index contributed by atoms with van der Waals surface area (Å²) >= 11 is 10.7. The molecule has 0 aliphatic carbocycles. The molecule has 1 aromatic heterocycles. The van der Waals surface area contributed by atoms with Gasteiger partial charge in [0, 0.05) is 16.0 Å². The summed E-state index contributed by atoms with van der Waals surface area (Å²) in [6.45, 7) is 0. The average Bonchev–Trinajstić information content (AvgIpc) is 3.16. The van der Waals surface area contributed by atoms with E-state index >= 15 is 0 Å². The lowest BCUT2D eigenvalue weighted by molar-refractivity contribution is -0.122. The second kappa shape index (κ2) is 9.96. The fraction of sp³-hybridized carbons (Fsp3) is 0.0870. The van der Waals surface area contributed by atoms with Gasteiger partial charge >= 0.3 is 6.03 Å². The van der Waals surface area contributed by atoms with Crippen molar-refractivity contribution in [2.24, 2.45) is 0 Å². The smallest absolute Gasteiger partial charge is 0.336 e. The number of nitrogens with zero attached hydrogens (tertiary/aromatic N) is 1. The second-order valence-electron chi connectivity index (χ2n) is 6.84. The molecule has 0 atom stereocenters. The van der Waals surface area contributed by atoms with E-state index in [-0.39, 0.29) is 22.8 Å². The number of amides is 4. The summed E-state index contributed by atoms with van der Waals surface area (Å²) < 4.78 is 16.9. The highest BCUT2D eigenvalue weighted by molar-refractivity contribution is 9.10. The molecule has 2 heterocycles. The number of carbonyl (C=O) groups is 3. The van der Waals surface area contributed by atoms with E-state index in [4.69, 9.17) is 25.5 Å². The second-order valence-corrected chi connectivity index (χ2v) is 9.17. The topological polar surface area (TPSA) is 98.1 Å². The molecule has 1 aliphatic heterocycles. The molecule has 1 aliphatic rings. The van der Waals surface area contributed by atoms with E-state index < -0.39 is 17.8 Å². The van der Waals surface area contributed by atoms with Gasteiger partial charge in [0.2, 0.25) is 0 Å². The van der Waals surface area contributed by atoms with Gasteiger partial charge in [-0.3, -0.25) is 14.9 Å². The normalized spacial score (nSPS) is 15.0. The molecule has 0 saturated carbocycles. The minimum Gasteiger partial charge on any atom is -0.497 e. The summed E-state index contributed by atoms with van der Waals surface area (Å²) in [7, 11) is 2.88. The number of rotatable bonds is 6. The predicted molar refractivity (Wildman–Crippen MR) is 131 cm³/mol. The summed E-state index contributed by atoms with van der Waals surface area (Å²) in [5, 5.41) is 3.31. The lowest BCUT2D eigenvalue weighted by atomic mass is 10.1. The van der Waals surface area contributed by atoms with Crippen LogP contribution in [0.2, 0.25) is 5.02 Å². The molecule has 4 amide bonds. The molecule has 174 valence electrons. The van der Waals surface area contributed by atoms with Crippen molar-refractivity contribution in [3.8, 4) is 11.5 Å². The Morgan fingerprint density at radius 1 is 1.06 bits per heavy atom. The van der Waals surface area contributed by atoms with Crippen LogP contribution in [0.4, 0.5) is 10.5 Å².